The lowest BCUT2D eigenvalue weighted by molar-refractivity contribution is 0.321. The number of aliphatic imine (C=N–C) groups is 1. The molecule has 20 heavy (non-hydrogen) atoms. The van der Waals surface area contributed by atoms with Gasteiger partial charge in [0, 0.05) is 19.6 Å². The third-order valence-corrected chi connectivity index (χ3v) is 2.41. The lowest BCUT2D eigenvalue weighted by Gasteiger charge is -2.14. The van der Waals surface area contributed by atoms with Crippen molar-refractivity contribution in [3.63, 3.8) is 0 Å². The van der Waals surface area contributed by atoms with Crippen LogP contribution in [0, 0.1) is 5.82 Å². The van der Waals surface area contributed by atoms with Gasteiger partial charge >= 0.3 is 0 Å². The highest BCUT2D eigenvalue weighted by molar-refractivity contribution is 14.0. The van der Waals surface area contributed by atoms with Crippen LogP contribution in [0.2, 0.25) is 0 Å². The molecule has 0 spiro atoms. The maximum absolute atomic E-state index is 13.7. The number of nitrogens with zero attached hydrogens (tertiary/aromatic N) is 1. The maximum Gasteiger partial charge on any atom is 0.191 e. The number of hydrogen-bond acceptors (Lipinski definition) is 2. The smallest absolute Gasteiger partial charge is 0.191 e. The second kappa shape index (κ2) is 9.79. The minimum Gasteiger partial charge on any atom is -0.491 e. The predicted octanol–water partition coefficient (Wildman–Crippen LogP) is 2.92. The topological polar surface area (TPSA) is 45.6 Å². The molecule has 0 saturated heterocycles. The summed E-state index contributed by atoms with van der Waals surface area (Å²) in [6.07, 6.45) is 0. The van der Waals surface area contributed by atoms with Crippen LogP contribution in [0.25, 0.3) is 0 Å². The maximum atomic E-state index is 13.7. The van der Waals surface area contributed by atoms with Gasteiger partial charge in [-0.15, -0.1) is 24.0 Å². The number of guanidine groups is 1. The molecule has 0 radical (unpaired) electrons. The van der Waals surface area contributed by atoms with E-state index in [1.54, 1.807) is 13.1 Å². The standard InChI is InChI=1S/C14H22FN3O.HI/c1-5-19-13-7-6-11(8-12(13)15)9-17-14(16-4)18-10(2)3;/h6-8,10H,5,9H2,1-4H3,(H2,16,17,18);1H. The summed E-state index contributed by atoms with van der Waals surface area (Å²) in [7, 11) is 1.70. The van der Waals surface area contributed by atoms with Crippen LogP contribution in [0.1, 0.15) is 26.3 Å². The quantitative estimate of drug-likeness (QED) is 0.458. The van der Waals surface area contributed by atoms with Crippen molar-refractivity contribution in [1.29, 1.82) is 0 Å². The Kier molecular flexibility index (Phi) is 9.28. The van der Waals surface area contributed by atoms with E-state index < -0.39 is 0 Å². The Morgan fingerprint density at radius 1 is 1.40 bits per heavy atom. The number of rotatable bonds is 5. The Morgan fingerprint density at radius 2 is 2.10 bits per heavy atom. The highest BCUT2D eigenvalue weighted by Gasteiger charge is 2.05. The van der Waals surface area contributed by atoms with Crippen LogP contribution >= 0.6 is 24.0 Å². The Bertz CT molecular complexity index is 438. The van der Waals surface area contributed by atoms with Crippen LogP contribution in [-0.4, -0.2) is 25.7 Å². The number of halogens is 2. The summed E-state index contributed by atoms with van der Waals surface area (Å²) < 4.78 is 18.8. The zero-order valence-electron chi connectivity index (χ0n) is 12.4. The molecule has 0 fully saturated rings. The minimum absolute atomic E-state index is 0. The average Bonchev–Trinajstić information content (AvgIpc) is 2.37. The molecule has 0 aromatic heterocycles. The van der Waals surface area contributed by atoms with Gasteiger partial charge in [0.1, 0.15) is 0 Å². The van der Waals surface area contributed by atoms with Gasteiger partial charge in [0.15, 0.2) is 17.5 Å². The molecule has 0 atom stereocenters. The van der Waals surface area contributed by atoms with Gasteiger partial charge in [-0.2, -0.15) is 0 Å². The SMILES string of the molecule is CCOc1ccc(CNC(=NC)NC(C)C)cc1F.I. The van der Waals surface area contributed by atoms with Crippen LogP contribution in [0.15, 0.2) is 23.2 Å². The van der Waals surface area contributed by atoms with E-state index in [1.807, 2.05) is 26.8 Å². The molecular formula is C14H23FIN3O. The molecule has 6 heteroatoms. The van der Waals surface area contributed by atoms with Crippen molar-refractivity contribution < 1.29 is 9.13 Å². The van der Waals surface area contributed by atoms with Crippen molar-refractivity contribution in [3.05, 3.63) is 29.6 Å². The molecule has 2 N–H and O–H groups in total. The lowest BCUT2D eigenvalue weighted by Crippen LogP contribution is -2.40. The van der Waals surface area contributed by atoms with Gasteiger partial charge in [0.05, 0.1) is 6.61 Å². The summed E-state index contributed by atoms with van der Waals surface area (Å²) in [5.74, 6) is 0.646. The van der Waals surface area contributed by atoms with Crippen molar-refractivity contribution in [1.82, 2.24) is 10.6 Å². The molecule has 4 nitrogen and oxygen atoms in total. The molecule has 0 heterocycles. The number of hydrogen-bond donors (Lipinski definition) is 2. The second-order valence-electron chi connectivity index (χ2n) is 4.42. The molecule has 0 saturated carbocycles. The molecule has 0 bridgehead atoms. The van der Waals surface area contributed by atoms with Crippen molar-refractivity contribution >= 4 is 29.9 Å². The molecule has 0 unspecified atom stereocenters. The van der Waals surface area contributed by atoms with Gasteiger partial charge in [-0.25, -0.2) is 4.39 Å². The van der Waals surface area contributed by atoms with Crippen molar-refractivity contribution in [3.8, 4) is 5.75 Å². The van der Waals surface area contributed by atoms with E-state index in [0.717, 1.165) is 5.56 Å². The Balaban J connectivity index is 0.00000361. The molecule has 1 aromatic rings. The van der Waals surface area contributed by atoms with E-state index in [1.165, 1.54) is 6.07 Å². The van der Waals surface area contributed by atoms with Gasteiger partial charge < -0.3 is 15.4 Å². The third-order valence-electron chi connectivity index (χ3n) is 2.41. The van der Waals surface area contributed by atoms with Gasteiger partial charge in [-0.1, -0.05) is 6.07 Å². The first-order valence-electron chi connectivity index (χ1n) is 6.45. The first-order chi connectivity index (χ1) is 9.06. The number of benzene rings is 1. The van der Waals surface area contributed by atoms with E-state index in [9.17, 15) is 4.39 Å². The summed E-state index contributed by atoms with van der Waals surface area (Å²) in [4.78, 5) is 4.09. The van der Waals surface area contributed by atoms with E-state index in [0.29, 0.717) is 25.2 Å². The Labute approximate surface area is 137 Å². The fraction of sp³-hybridized carbons (Fsp3) is 0.500. The van der Waals surface area contributed by atoms with Crippen LogP contribution in [0.4, 0.5) is 4.39 Å². The summed E-state index contributed by atoms with van der Waals surface area (Å²) in [6.45, 7) is 6.86. The number of nitrogens with one attached hydrogen (secondary N) is 2. The van der Waals surface area contributed by atoms with Gasteiger partial charge in [0.25, 0.3) is 0 Å². The predicted molar refractivity (Wildman–Crippen MR) is 91.5 cm³/mol. The molecule has 0 aliphatic carbocycles. The Hall–Kier alpha value is -1.05. The fourth-order valence-electron chi connectivity index (χ4n) is 1.58. The van der Waals surface area contributed by atoms with Crippen molar-refractivity contribution in [2.45, 2.75) is 33.4 Å². The normalized spacial score (nSPS) is 11.0. The summed E-state index contributed by atoms with van der Waals surface area (Å²) >= 11 is 0. The summed E-state index contributed by atoms with van der Waals surface area (Å²) in [6, 6.07) is 5.25. The average molecular weight is 395 g/mol. The fourth-order valence-corrected chi connectivity index (χ4v) is 1.58. The second-order valence-corrected chi connectivity index (χ2v) is 4.42. The minimum atomic E-state index is -0.340. The van der Waals surface area contributed by atoms with Crippen LogP contribution in [-0.2, 0) is 6.54 Å². The highest BCUT2D eigenvalue weighted by Crippen LogP contribution is 2.18. The van der Waals surface area contributed by atoms with Crippen LogP contribution in [0.3, 0.4) is 0 Å². The van der Waals surface area contributed by atoms with E-state index in [-0.39, 0.29) is 35.5 Å². The van der Waals surface area contributed by atoms with Crippen LogP contribution in [0.5, 0.6) is 5.75 Å². The van der Waals surface area contributed by atoms with Gasteiger partial charge in [0.2, 0.25) is 0 Å². The summed E-state index contributed by atoms with van der Waals surface area (Å²) in [5, 5.41) is 6.29. The largest absolute Gasteiger partial charge is 0.491 e. The van der Waals surface area contributed by atoms with E-state index in [2.05, 4.69) is 15.6 Å². The molecule has 0 amide bonds. The lowest BCUT2D eigenvalue weighted by atomic mass is 10.2. The van der Waals surface area contributed by atoms with E-state index >= 15 is 0 Å². The molecule has 0 aliphatic rings. The third kappa shape index (κ3) is 6.40. The molecule has 0 aliphatic heterocycles. The zero-order chi connectivity index (χ0) is 14.3. The van der Waals surface area contributed by atoms with Crippen molar-refractivity contribution in [2.75, 3.05) is 13.7 Å². The summed E-state index contributed by atoms with van der Waals surface area (Å²) in [5.41, 5.74) is 0.840. The first kappa shape index (κ1) is 18.9. The highest BCUT2D eigenvalue weighted by atomic mass is 127. The van der Waals surface area contributed by atoms with Crippen LogP contribution < -0.4 is 15.4 Å². The van der Waals surface area contributed by atoms with Gasteiger partial charge in [-0.3, -0.25) is 4.99 Å². The molecule has 114 valence electrons. The number of ether oxygens (including phenoxy) is 1. The molecule has 1 rings (SSSR count). The molecule has 1 aromatic carbocycles. The Morgan fingerprint density at radius 3 is 2.60 bits per heavy atom. The molecular weight excluding hydrogens is 372 g/mol. The monoisotopic (exact) mass is 395 g/mol. The van der Waals surface area contributed by atoms with E-state index in [4.69, 9.17) is 4.74 Å². The van der Waals surface area contributed by atoms with Gasteiger partial charge in [-0.05, 0) is 38.5 Å². The van der Waals surface area contributed by atoms with Crippen molar-refractivity contribution in [2.24, 2.45) is 4.99 Å². The first-order valence-corrected chi connectivity index (χ1v) is 6.45. The zero-order valence-corrected chi connectivity index (χ0v) is 14.7.